The van der Waals surface area contributed by atoms with Crippen molar-refractivity contribution in [2.24, 2.45) is 0 Å². The summed E-state index contributed by atoms with van der Waals surface area (Å²) in [6, 6.07) is 5.40. The normalized spacial score (nSPS) is 10.3. The van der Waals surface area contributed by atoms with Crippen molar-refractivity contribution in [1.29, 1.82) is 0 Å². The standard InChI is InChI=1S/C10H9O3/c1-11-9-5-7-3-4-13-8(7)6-10(9)12-2/h3,5-6H,1-2H3. The number of ether oxygens (including phenoxy) is 2. The van der Waals surface area contributed by atoms with Gasteiger partial charge >= 0.3 is 0 Å². The molecule has 1 aromatic carbocycles. The van der Waals surface area contributed by atoms with Crippen LogP contribution in [0, 0.1) is 6.26 Å². The summed E-state index contributed by atoms with van der Waals surface area (Å²) in [5.41, 5.74) is 0.748. The molecule has 1 heterocycles. The van der Waals surface area contributed by atoms with Gasteiger partial charge < -0.3 is 13.9 Å². The molecule has 0 saturated heterocycles. The first kappa shape index (κ1) is 7.98. The van der Waals surface area contributed by atoms with Gasteiger partial charge in [-0.3, -0.25) is 0 Å². The first-order valence-electron chi connectivity index (χ1n) is 3.87. The topological polar surface area (TPSA) is 31.6 Å². The minimum atomic E-state index is 0.665. The highest BCUT2D eigenvalue weighted by Gasteiger charge is 2.06. The van der Waals surface area contributed by atoms with E-state index >= 15 is 0 Å². The van der Waals surface area contributed by atoms with Gasteiger partial charge in [0.2, 0.25) is 0 Å². The molecule has 0 bridgehead atoms. The Kier molecular flexibility index (Phi) is 1.85. The zero-order valence-corrected chi connectivity index (χ0v) is 7.46. The molecule has 0 unspecified atom stereocenters. The van der Waals surface area contributed by atoms with Crippen molar-refractivity contribution in [2.45, 2.75) is 0 Å². The van der Waals surface area contributed by atoms with Gasteiger partial charge in [-0.1, -0.05) is 0 Å². The van der Waals surface area contributed by atoms with Gasteiger partial charge in [-0.05, 0) is 12.1 Å². The lowest BCUT2D eigenvalue weighted by atomic mass is 10.2. The van der Waals surface area contributed by atoms with Crippen LogP contribution >= 0.6 is 0 Å². The van der Waals surface area contributed by atoms with E-state index in [1.165, 1.54) is 0 Å². The van der Waals surface area contributed by atoms with Crippen LogP contribution in [0.4, 0.5) is 0 Å². The van der Waals surface area contributed by atoms with Gasteiger partial charge in [-0.25, -0.2) is 0 Å². The molecule has 0 aliphatic rings. The van der Waals surface area contributed by atoms with Gasteiger partial charge in [0.15, 0.2) is 17.8 Å². The van der Waals surface area contributed by atoms with Crippen molar-refractivity contribution < 1.29 is 13.9 Å². The van der Waals surface area contributed by atoms with Crippen LogP contribution in [0.15, 0.2) is 22.6 Å². The van der Waals surface area contributed by atoms with Crippen LogP contribution in [0.3, 0.4) is 0 Å². The number of benzene rings is 1. The molecule has 1 aromatic heterocycles. The first-order valence-corrected chi connectivity index (χ1v) is 3.87. The van der Waals surface area contributed by atoms with Crippen molar-refractivity contribution in [1.82, 2.24) is 0 Å². The summed E-state index contributed by atoms with van der Waals surface area (Å²) in [6.07, 6.45) is 2.65. The second-order valence-electron chi connectivity index (χ2n) is 2.61. The van der Waals surface area contributed by atoms with Crippen molar-refractivity contribution in [3.8, 4) is 11.5 Å². The molecule has 0 N–H and O–H groups in total. The lowest BCUT2D eigenvalue weighted by Gasteiger charge is -2.05. The van der Waals surface area contributed by atoms with Crippen LogP contribution < -0.4 is 9.47 Å². The Morgan fingerprint density at radius 2 is 1.85 bits per heavy atom. The minimum absolute atomic E-state index is 0.665. The fourth-order valence-electron chi connectivity index (χ4n) is 1.23. The van der Waals surface area contributed by atoms with Crippen molar-refractivity contribution in [3.63, 3.8) is 0 Å². The van der Waals surface area contributed by atoms with Crippen LogP contribution in [0.2, 0.25) is 0 Å². The average Bonchev–Trinajstić information content (AvgIpc) is 2.62. The maximum absolute atomic E-state index is 5.13. The quantitative estimate of drug-likeness (QED) is 0.705. The molecule has 0 amide bonds. The molecule has 0 aliphatic heterocycles. The minimum Gasteiger partial charge on any atom is -0.493 e. The third-order valence-electron chi connectivity index (χ3n) is 1.90. The Labute approximate surface area is 75.9 Å². The predicted molar refractivity (Wildman–Crippen MR) is 48.2 cm³/mol. The van der Waals surface area contributed by atoms with Crippen molar-refractivity contribution in [2.75, 3.05) is 14.2 Å². The Morgan fingerprint density at radius 3 is 2.54 bits per heavy atom. The molecule has 0 saturated carbocycles. The van der Waals surface area contributed by atoms with E-state index in [9.17, 15) is 0 Å². The summed E-state index contributed by atoms with van der Waals surface area (Å²) in [7, 11) is 3.20. The molecule has 1 radical (unpaired) electrons. The fraction of sp³-hybridized carbons (Fsp3) is 0.200. The van der Waals surface area contributed by atoms with E-state index in [4.69, 9.17) is 13.9 Å². The van der Waals surface area contributed by atoms with Crippen LogP contribution in [0.25, 0.3) is 11.0 Å². The van der Waals surface area contributed by atoms with Crippen molar-refractivity contribution in [3.05, 3.63) is 24.5 Å². The highest BCUT2D eigenvalue weighted by molar-refractivity contribution is 5.81. The monoisotopic (exact) mass is 177 g/mol. The number of hydrogen-bond donors (Lipinski definition) is 0. The van der Waals surface area contributed by atoms with Gasteiger partial charge in [-0.15, -0.1) is 0 Å². The third kappa shape index (κ3) is 1.22. The summed E-state index contributed by atoms with van der Waals surface area (Å²) in [5, 5.41) is 0.956. The Hall–Kier alpha value is -1.64. The lowest BCUT2D eigenvalue weighted by Crippen LogP contribution is -1.89. The SMILES string of the molecule is COc1cc2c[c]oc2cc1OC. The van der Waals surface area contributed by atoms with E-state index in [1.54, 1.807) is 26.4 Å². The Bertz CT molecular complexity index is 379. The molecule has 67 valence electrons. The summed E-state index contributed by atoms with van der Waals surface area (Å²) in [5.74, 6) is 1.36. The summed E-state index contributed by atoms with van der Waals surface area (Å²) in [4.78, 5) is 0. The number of fused-ring (bicyclic) bond motifs is 1. The van der Waals surface area contributed by atoms with Crippen LogP contribution in [-0.2, 0) is 0 Å². The maximum Gasteiger partial charge on any atom is 0.170 e. The Balaban J connectivity index is 2.67. The molecule has 0 fully saturated rings. The maximum atomic E-state index is 5.13. The summed E-state index contributed by atoms with van der Waals surface area (Å²) < 4.78 is 15.3. The summed E-state index contributed by atoms with van der Waals surface area (Å²) in [6.45, 7) is 0. The van der Waals surface area contributed by atoms with E-state index in [0.29, 0.717) is 11.5 Å². The van der Waals surface area contributed by atoms with Crippen LogP contribution in [0.5, 0.6) is 11.5 Å². The van der Waals surface area contributed by atoms with E-state index < -0.39 is 0 Å². The van der Waals surface area contributed by atoms with Crippen LogP contribution in [0.1, 0.15) is 0 Å². The number of methoxy groups -OCH3 is 2. The highest BCUT2D eigenvalue weighted by atomic mass is 16.5. The van der Waals surface area contributed by atoms with E-state index in [2.05, 4.69) is 6.26 Å². The predicted octanol–water partition coefficient (Wildman–Crippen LogP) is 2.25. The van der Waals surface area contributed by atoms with Crippen LogP contribution in [-0.4, -0.2) is 14.2 Å². The zero-order valence-electron chi connectivity index (χ0n) is 7.46. The molecule has 2 aromatic rings. The molecular weight excluding hydrogens is 168 g/mol. The number of furan rings is 1. The van der Waals surface area contributed by atoms with Gasteiger partial charge in [0, 0.05) is 11.5 Å². The molecular formula is C10H9O3. The van der Waals surface area contributed by atoms with E-state index in [-0.39, 0.29) is 0 Å². The van der Waals surface area contributed by atoms with Gasteiger partial charge in [0.05, 0.1) is 14.2 Å². The smallest absolute Gasteiger partial charge is 0.170 e. The summed E-state index contributed by atoms with van der Waals surface area (Å²) >= 11 is 0. The molecule has 3 heteroatoms. The fourth-order valence-corrected chi connectivity index (χ4v) is 1.23. The molecule has 13 heavy (non-hydrogen) atoms. The van der Waals surface area contributed by atoms with E-state index in [1.807, 2.05) is 6.07 Å². The highest BCUT2D eigenvalue weighted by Crippen LogP contribution is 2.32. The van der Waals surface area contributed by atoms with E-state index in [0.717, 1.165) is 11.0 Å². The van der Waals surface area contributed by atoms with Gasteiger partial charge in [0.1, 0.15) is 5.58 Å². The molecule has 2 rings (SSSR count). The third-order valence-corrected chi connectivity index (χ3v) is 1.90. The Morgan fingerprint density at radius 1 is 1.15 bits per heavy atom. The average molecular weight is 177 g/mol. The molecule has 3 nitrogen and oxygen atoms in total. The zero-order chi connectivity index (χ0) is 9.26. The second-order valence-corrected chi connectivity index (χ2v) is 2.61. The number of rotatable bonds is 2. The second kappa shape index (κ2) is 3.01. The number of hydrogen-bond acceptors (Lipinski definition) is 3. The van der Waals surface area contributed by atoms with Crippen molar-refractivity contribution >= 4 is 11.0 Å². The largest absolute Gasteiger partial charge is 0.493 e. The van der Waals surface area contributed by atoms with Gasteiger partial charge in [-0.2, -0.15) is 0 Å². The molecule has 0 atom stereocenters. The van der Waals surface area contributed by atoms with Gasteiger partial charge in [0.25, 0.3) is 0 Å². The molecule has 0 aliphatic carbocycles. The first-order chi connectivity index (χ1) is 6.35. The molecule has 0 spiro atoms. The lowest BCUT2D eigenvalue weighted by molar-refractivity contribution is 0.355.